The summed E-state index contributed by atoms with van der Waals surface area (Å²) in [5, 5.41) is 4.65. The van der Waals surface area contributed by atoms with E-state index in [0.717, 1.165) is 21.4 Å². The predicted molar refractivity (Wildman–Crippen MR) is 104 cm³/mol. The Morgan fingerprint density at radius 3 is 1.96 bits per heavy atom. The minimum atomic E-state index is 0.924. The molecule has 3 aromatic carbocycles. The van der Waals surface area contributed by atoms with Crippen molar-refractivity contribution in [3.63, 3.8) is 0 Å². The van der Waals surface area contributed by atoms with E-state index >= 15 is 0 Å². The molecule has 0 aliphatic heterocycles. The minimum absolute atomic E-state index is 0.924. The molecular weight excluding hydrogens is 360 g/mol. The predicted octanol–water partition coefficient (Wildman–Crippen LogP) is 5.67. The summed E-state index contributed by atoms with van der Waals surface area (Å²) in [6, 6.07) is 28.7. The van der Waals surface area contributed by atoms with E-state index in [1.807, 2.05) is 42.5 Å². The summed E-state index contributed by atoms with van der Waals surface area (Å²) in [4.78, 5) is 0. The minimum Gasteiger partial charge on any atom is -0.278 e. The van der Waals surface area contributed by atoms with E-state index in [2.05, 4.69) is 68.9 Å². The zero-order valence-corrected chi connectivity index (χ0v) is 14.5. The lowest BCUT2D eigenvalue weighted by Crippen LogP contribution is -2.01. The number of hydrogen-bond acceptors (Lipinski definition) is 2. The fourth-order valence-electron chi connectivity index (χ4n) is 2.89. The van der Waals surface area contributed by atoms with Crippen molar-refractivity contribution in [2.45, 2.75) is 0 Å². The highest BCUT2D eigenvalue weighted by atomic mass is 79.9. The van der Waals surface area contributed by atoms with Gasteiger partial charge in [0.2, 0.25) is 0 Å². The average Bonchev–Trinajstić information content (AvgIpc) is 2.93. The lowest BCUT2D eigenvalue weighted by molar-refractivity contribution is 1.34. The van der Waals surface area contributed by atoms with Crippen LogP contribution in [0.4, 0.5) is 5.69 Å². The zero-order chi connectivity index (χ0) is 16.4. The van der Waals surface area contributed by atoms with Crippen LogP contribution in [0.25, 0.3) is 5.57 Å². The van der Waals surface area contributed by atoms with Crippen LogP contribution in [0.1, 0.15) is 16.7 Å². The molecule has 1 N–H and O–H groups in total. The lowest BCUT2D eigenvalue weighted by atomic mass is 9.99. The molecule has 4 rings (SSSR count). The van der Waals surface area contributed by atoms with Gasteiger partial charge in [0.15, 0.2) is 0 Å². The number of anilines is 1. The van der Waals surface area contributed by atoms with Crippen molar-refractivity contribution in [3.8, 4) is 0 Å². The first-order valence-electron chi connectivity index (χ1n) is 7.78. The fraction of sp³-hybridized carbons (Fsp3) is 0. The first kappa shape index (κ1) is 14.9. The Bertz CT molecular complexity index is 928. The number of halogens is 1. The standard InChI is InChI=1S/C21H15BrN2/c22-20-19(15-9-3-1-4-10-15)17-13-7-8-14-18(17)21(20)24-23-16-11-5-2-6-12-16/h1-14,23H/b24-21+. The van der Waals surface area contributed by atoms with Crippen LogP contribution in [0.5, 0.6) is 0 Å². The molecule has 116 valence electrons. The highest BCUT2D eigenvalue weighted by molar-refractivity contribution is 9.12. The van der Waals surface area contributed by atoms with Gasteiger partial charge >= 0.3 is 0 Å². The van der Waals surface area contributed by atoms with Gasteiger partial charge in [-0.05, 0) is 39.2 Å². The van der Waals surface area contributed by atoms with Gasteiger partial charge in [-0.2, -0.15) is 5.10 Å². The first-order valence-corrected chi connectivity index (χ1v) is 8.58. The molecule has 0 radical (unpaired) electrons. The van der Waals surface area contributed by atoms with Crippen molar-refractivity contribution < 1.29 is 0 Å². The maximum atomic E-state index is 4.65. The van der Waals surface area contributed by atoms with Gasteiger partial charge in [0.1, 0.15) is 5.71 Å². The second-order valence-electron chi connectivity index (χ2n) is 5.54. The van der Waals surface area contributed by atoms with Crippen LogP contribution in [0.3, 0.4) is 0 Å². The monoisotopic (exact) mass is 374 g/mol. The van der Waals surface area contributed by atoms with E-state index < -0.39 is 0 Å². The van der Waals surface area contributed by atoms with Gasteiger partial charge in [0.25, 0.3) is 0 Å². The second kappa shape index (κ2) is 6.46. The van der Waals surface area contributed by atoms with Gasteiger partial charge in [0, 0.05) is 11.1 Å². The number of hydrogen-bond donors (Lipinski definition) is 1. The molecular formula is C21H15BrN2. The SMILES string of the molecule is BrC1=C(c2ccccc2)c2ccccc2/C1=N\Nc1ccccc1. The van der Waals surface area contributed by atoms with E-state index in [1.165, 1.54) is 16.7 Å². The topological polar surface area (TPSA) is 24.4 Å². The molecule has 0 aromatic heterocycles. The number of allylic oxidation sites excluding steroid dienone is 1. The van der Waals surface area contributed by atoms with Gasteiger partial charge in [0.05, 0.1) is 10.2 Å². The van der Waals surface area contributed by atoms with Crippen molar-refractivity contribution in [2.75, 3.05) is 5.43 Å². The van der Waals surface area contributed by atoms with Gasteiger partial charge in [-0.3, -0.25) is 5.43 Å². The molecule has 3 aromatic rings. The van der Waals surface area contributed by atoms with E-state index in [0.29, 0.717) is 0 Å². The third-order valence-corrected chi connectivity index (χ3v) is 4.78. The highest BCUT2D eigenvalue weighted by Gasteiger charge is 2.27. The normalized spacial score (nSPS) is 14.8. The van der Waals surface area contributed by atoms with Crippen molar-refractivity contribution in [1.29, 1.82) is 0 Å². The second-order valence-corrected chi connectivity index (χ2v) is 6.33. The smallest absolute Gasteiger partial charge is 0.106 e. The third-order valence-electron chi connectivity index (χ3n) is 4.01. The largest absolute Gasteiger partial charge is 0.278 e. The molecule has 0 atom stereocenters. The highest BCUT2D eigenvalue weighted by Crippen LogP contribution is 2.40. The van der Waals surface area contributed by atoms with E-state index in [-0.39, 0.29) is 0 Å². The summed E-state index contributed by atoms with van der Waals surface area (Å²) in [6.07, 6.45) is 0. The van der Waals surface area contributed by atoms with Crippen LogP contribution in [-0.4, -0.2) is 5.71 Å². The van der Waals surface area contributed by atoms with Gasteiger partial charge in [-0.25, -0.2) is 0 Å². The Morgan fingerprint density at radius 1 is 0.667 bits per heavy atom. The summed E-state index contributed by atoms with van der Waals surface area (Å²) < 4.78 is 1.01. The van der Waals surface area contributed by atoms with Gasteiger partial charge < -0.3 is 0 Å². The quantitative estimate of drug-likeness (QED) is 0.586. The molecule has 1 aliphatic carbocycles. The molecule has 0 amide bonds. The van der Waals surface area contributed by atoms with Crippen molar-refractivity contribution in [1.82, 2.24) is 0 Å². The van der Waals surface area contributed by atoms with Crippen molar-refractivity contribution >= 4 is 32.9 Å². The number of nitrogens with one attached hydrogen (secondary N) is 1. The Kier molecular flexibility index (Phi) is 4.01. The summed E-state index contributed by atoms with van der Waals surface area (Å²) in [5.74, 6) is 0. The van der Waals surface area contributed by atoms with Crippen molar-refractivity contribution in [3.05, 3.63) is 106 Å². The van der Waals surface area contributed by atoms with E-state index in [9.17, 15) is 0 Å². The number of fused-ring (bicyclic) bond motifs is 1. The number of nitrogens with zero attached hydrogens (tertiary/aromatic N) is 1. The summed E-state index contributed by atoms with van der Waals surface area (Å²) in [7, 11) is 0. The Labute approximate surface area is 149 Å². The maximum absolute atomic E-state index is 4.65. The van der Waals surface area contributed by atoms with Crippen LogP contribution in [0.2, 0.25) is 0 Å². The molecule has 0 saturated heterocycles. The van der Waals surface area contributed by atoms with Gasteiger partial charge in [-0.15, -0.1) is 0 Å². The Balaban J connectivity index is 1.81. The summed E-state index contributed by atoms with van der Waals surface area (Å²) >= 11 is 3.77. The molecule has 2 nitrogen and oxygen atoms in total. The van der Waals surface area contributed by atoms with E-state index in [4.69, 9.17) is 0 Å². The van der Waals surface area contributed by atoms with Crippen LogP contribution in [-0.2, 0) is 0 Å². The summed E-state index contributed by atoms with van der Waals surface area (Å²) in [5.41, 5.74) is 9.74. The maximum Gasteiger partial charge on any atom is 0.106 e. The Hall–Kier alpha value is -2.65. The average molecular weight is 375 g/mol. The van der Waals surface area contributed by atoms with Crippen LogP contribution in [0.15, 0.2) is 94.5 Å². The van der Waals surface area contributed by atoms with E-state index in [1.54, 1.807) is 0 Å². The molecule has 0 bridgehead atoms. The molecule has 1 aliphatic rings. The molecule has 0 fully saturated rings. The molecule has 0 unspecified atom stereocenters. The molecule has 0 saturated carbocycles. The van der Waals surface area contributed by atoms with Crippen LogP contribution >= 0.6 is 15.9 Å². The van der Waals surface area contributed by atoms with Crippen LogP contribution in [0, 0.1) is 0 Å². The third kappa shape index (κ3) is 2.68. The molecule has 24 heavy (non-hydrogen) atoms. The molecule has 0 heterocycles. The lowest BCUT2D eigenvalue weighted by Gasteiger charge is -2.05. The first-order chi connectivity index (χ1) is 11.8. The van der Waals surface area contributed by atoms with Gasteiger partial charge in [-0.1, -0.05) is 72.8 Å². The number of hydrazone groups is 1. The Morgan fingerprint density at radius 2 is 1.25 bits per heavy atom. The summed E-state index contributed by atoms with van der Waals surface area (Å²) in [6.45, 7) is 0. The number of para-hydroxylation sites is 1. The fourth-order valence-corrected chi connectivity index (χ4v) is 3.64. The zero-order valence-electron chi connectivity index (χ0n) is 12.9. The van der Waals surface area contributed by atoms with Crippen molar-refractivity contribution in [2.24, 2.45) is 5.10 Å². The number of rotatable bonds is 3. The van der Waals surface area contributed by atoms with Crippen LogP contribution < -0.4 is 5.43 Å². The number of benzene rings is 3. The molecule has 3 heteroatoms. The molecule has 0 spiro atoms.